The van der Waals surface area contributed by atoms with E-state index in [1.54, 1.807) is 18.2 Å². The van der Waals surface area contributed by atoms with E-state index in [-0.39, 0.29) is 34.5 Å². The molecule has 4 rings (SSSR count). The minimum Gasteiger partial charge on any atom is -0.543 e. The SMILES string of the molecule is CN1CC2(CCN(CC(Cc3cc(O[Si](C)(C)C(C)(C)C)ccc3F)C(=O)OC(C)(C)C)CC2)c2cc(F)ccc21. The van der Waals surface area contributed by atoms with Crippen LogP contribution in [0.1, 0.15) is 65.5 Å². The van der Waals surface area contributed by atoms with E-state index in [0.29, 0.717) is 17.9 Å². The van der Waals surface area contributed by atoms with Crippen molar-refractivity contribution < 1.29 is 22.7 Å². The van der Waals surface area contributed by atoms with Crippen molar-refractivity contribution in [1.82, 2.24) is 4.90 Å². The topological polar surface area (TPSA) is 42.0 Å². The maximum absolute atomic E-state index is 15.1. The number of likely N-dealkylation sites (N-methyl/N-ethyl adjacent to an activating group) is 1. The average Bonchev–Trinajstić information content (AvgIpc) is 3.10. The second kappa shape index (κ2) is 11.3. The standard InChI is InChI=1S/C33H48F2N2O3Si/c1-31(2,3)39-30(38)24(18-23-19-26(11-12-28(23)35)40-41(8,9)32(4,5)6)21-37-16-14-33(15-17-37)22-36(7)29-13-10-25(34)20-27(29)33/h10-13,19-20,24H,14-18,21-22H2,1-9H3. The maximum atomic E-state index is 15.1. The number of rotatable bonds is 7. The van der Waals surface area contributed by atoms with Gasteiger partial charge in [-0.1, -0.05) is 20.8 Å². The van der Waals surface area contributed by atoms with Gasteiger partial charge in [-0.05, 0) is 119 Å². The number of piperidine rings is 1. The number of likely N-dealkylation sites (tertiary alicyclic amines) is 1. The number of carbonyl (C=O) groups is 1. The molecule has 2 aliphatic heterocycles. The van der Waals surface area contributed by atoms with Gasteiger partial charge in [0.2, 0.25) is 8.32 Å². The molecule has 1 unspecified atom stereocenters. The summed E-state index contributed by atoms with van der Waals surface area (Å²) in [5.74, 6) is -0.746. The number of anilines is 1. The fourth-order valence-electron chi connectivity index (χ4n) is 5.88. The summed E-state index contributed by atoms with van der Waals surface area (Å²) in [5, 5.41) is 0.00658. The van der Waals surface area contributed by atoms with Gasteiger partial charge in [-0.25, -0.2) is 8.78 Å². The van der Waals surface area contributed by atoms with Crippen molar-refractivity contribution in [3.8, 4) is 5.75 Å². The van der Waals surface area contributed by atoms with Crippen molar-refractivity contribution in [3.05, 3.63) is 59.2 Å². The maximum Gasteiger partial charge on any atom is 0.311 e. The number of fused-ring (bicyclic) bond motifs is 2. The van der Waals surface area contributed by atoms with E-state index < -0.39 is 19.8 Å². The van der Waals surface area contributed by atoms with Crippen LogP contribution in [-0.4, -0.2) is 58.0 Å². The molecule has 2 heterocycles. The third kappa shape index (κ3) is 7.13. The second-order valence-electron chi connectivity index (χ2n) is 14.6. The molecule has 1 fully saturated rings. The molecular formula is C33H48F2N2O3Si. The van der Waals surface area contributed by atoms with Crippen LogP contribution in [0.25, 0.3) is 0 Å². The first-order valence-corrected chi connectivity index (χ1v) is 17.7. The summed E-state index contributed by atoms with van der Waals surface area (Å²) in [4.78, 5) is 17.9. The lowest BCUT2D eigenvalue weighted by atomic mass is 9.74. The first kappa shape index (κ1) is 31.5. The molecule has 41 heavy (non-hydrogen) atoms. The van der Waals surface area contributed by atoms with E-state index in [4.69, 9.17) is 9.16 Å². The number of hydrogen-bond acceptors (Lipinski definition) is 5. The van der Waals surface area contributed by atoms with E-state index in [9.17, 15) is 9.18 Å². The van der Waals surface area contributed by atoms with Crippen molar-refractivity contribution in [1.29, 1.82) is 0 Å². The zero-order chi connectivity index (χ0) is 30.4. The van der Waals surface area contributed by atoms with Gasteiger partial charge in [-0.3, -0.25) is 4.79 Å². The number of halogens is 2. The van der Waals surface area contributed by atoms with Crippen LogP contribution >= 0.6 is 0 Å². The Morgan fingerprint density at radius 3 is 2.29 bits per heavy atom. The van der Waals surface area contributed by atoms with Gasteiger partial charge in [-0.15, -0.1) is 0 Å². The molecule has 1 atom stereocenters. The highest BCUT2D eigenvalue weighted by Crippen LogP contribution is 2.47. The van der Waals surface area contributed by atoms with Gasteiger partial charge in [-0.2, -0.15) is 0 Å². The summed E-state index contributed by atoms with van der Waals surface area (Å²) in [6.07, 6.45) is 1.98. The molecule has 8 heteroatoms. The Morgan fingerprint density at radius 1 is 1.02 bits per heavy atom. The molecule has 2 aromatic carbocycles. The fourth-order valence-corrected chi connectivity index (χ4v) is 6.91. The lowest BCUT2D eigenvalue weighted by Gasteiger charge is -2.41. The Bertz CT molecular complexity index is 1260. The first-order valence-electron chi connectivity index (χ1n) is 14.8. The molecule has 0 N–H and O–H groups in total. The minimum absolute atomic E-state index is 0.00658. The van der Waals surface area contributed by atoms with E-state index in [0.717, 1.165) is 43.7 Å². The van der Waals surface area contributed by atoms with Crippen LogP contribution < -0.4 is 9.33 Å². The summed E-state index contributed by atoms with van der Waals surface area (Å²) >= 11 is 0. The summed E-state index contributed by atoms with van der Waals surface area (Å²) in [6, 6.07) is 9.99. The van der Waals surface area contributed by atoms with Crippen LogP contribution in [0.15, 0.2) is 36.4 Å². The molecule has 1 saturated heterocycles. The van der Waals surface area contributed by atoms with Crippen LogP contribution in [0.4, 0.5) is 14.5 Å². The Balaban J connectivity index is 1.52. The molecule has 0 aromatic heterocycles. The molecule has 2 aliphatic rings. The number of nitrogens with zero attached hydrogens (tertiary/aromatic N) is 2. The highest BCUT2D eigenvalue weighted by Gasteiger charge is 2.44. The van der Waals surface area contributed by atoms with E-state index >= 15 is 4.39 Å². The Labute approximate surface area is 246 Å². The summed E-state index contributed by atoms with van der Waals surface area (Å²) in [5.41, 5.74) is 1.92. The van der Waals surface area contributed by atoms with Gasteiger partial charge in [0.15, 0.2) is 0 Å². The van der Waals surface area contributed by atoms with E-state index in [1.165, 1.54) is 12.1 Å². The molecule has 2 aromatic rings. The normalized spacial score (nSPS) is 18.4. The zero-order valence-corrected chi connectivity index (χ0v) is 27.4. The quantitative estimate of drug-likeness (QED) is 0.251. The second-order valence-corrected chi connectivity index (χ2v) is 19.4. The van der Waals surface area contributed by atoms with Gasteiger partial charge in [0.05, 0.1) is 5.92 Å². The van der Waals surface area contributed by atoms with Gasteiger partial charge in [0.25, 0.3) is 0 Å². The summed E-state index contributed by atoms with van der Waals surface area (Å²) < 4.78 is 41.6. The van der Waals surface area contributed by atoms with Crippen molar-refractivity contribution in [2.45, 2.75) is 90.0 Å². The molecule has 0 bridgehead atoms. The lowest BCUT2D eigenvalue weighted by molar-refractivity contribution is -0.160. The van der Waals surface area contributed by atoms with Gasteiger partial charge in [0.1, 0.15) is 23.0 Å². The van der Waals surface area contributed by atoms with Gasteiger partial charge < -0.3 is 19.0 Å². The minimum atomic E-state index is -2.11. The number of ether oxygens (including phenoxy) is 1. The van der Waals surface area contributed by atoms with E-state index in [1.807, 2.05) is 26.8 Å². The average molecular weight is 587 g/mol. The molecule has 0 radical (unpaired) electrons. The van der Waals surface area contributed by atoms with Crippen molar-refractivity contribution in [3.63, 3.8) is 0 Å². The third-order valence-corrected chi connectivity index (χ3v) is 13.5. The molecular weight excluding hydrogens is 538 g/mol. The third-order valence-electron chi connectivity index (χ3n) is 9.18. The monoisotopic (exact) mass is 586 g/mol. The molecule has 1 spiro atoms. The Hall–Kier alpha value is -2.45. The van der Waals surface area contributed by atoms with Crippen molar-refractivity contribution >= 4 is 20.0 Å². The Morgan fingerprint density at radius 2 is 1.68 bits per heavy atom. The highest BCUT2D eigenvalue weighted by atomic mass is 28.4. The zero-order valence-electron chi connectivity index (χ0n) is 26.4. The fraction of sp³-hybridized carbons (Fsp3) is 0.606. The molecule has 0 amide bonds. The van der Waals surface area contributed by atoms with Crippen LogP contribution in [-0.2, 0) is 21.4 Å². The predicted molar refractivity (Wildman–Crippen MR) is 164 cm³/mol. The van der Waals surface area contributed by atoms with Crippen molar-refractivity contribution in [2.75, 3.05) is 38.1 Å². The predicted octanol–water partition coefficient (Wildman–Crippen LogP) is 7.33. The van der Waals surface area contributed by atoms with Gasteiger partial charge >= 0.3 is 5.97 Å². The molecule has 0 saturated carbocycles. The highest BCUT2D eigenvalue weighted by molar-refractivity contribution is 6.74. The number of esters is 1. The molecule has 5 nitrogen and oxygen atoms in total. The van der Waals surface area contributed by atoms with Gasteiger partial charge in [0, 0.05) is 31.2 Å². The van der Waals surface area contributed by atoms with E-state index in [2.05, 4.69) is 50.7 Å². The largest absolute Gasteiger partial charge is 0.543 e. The smallest absolute Gasteiger partial charge is 0.311 e. The summed E-state index contributed by atoms with van der Waals surface area (Å²) in [6.45, 7) is 19.3. The van der Waals surface area contributed by atoms with Crippen LogP contribution in [0.2, 0.25) is 18.1 Å². The van der Waals surface area contributed by atoms with Crippen LogP contribution in [0.3, 0.4) is 0 Å². The molecule has 226 valence electrons. The number of hydrogen-bond donors (Lipinski definition) is 0. The van der Waals surface area contributed by atoms with Crippen molar-refractivity contribution in [2.24, 2.45) is 5.92 Å². The number of carbonyl (C=O) groups excluding carboxylic acids is 1. The summed E-state index contributed by atoms with van der Waals surface area (Å²) in [7, 11) is -0.0502. The number of benzene rings is 2. The molecule has 0 aliphatic carbocycles. The van der Waals surface area contributed by atoms with Crippen LogP contribution in [0, 0.1) is 17.6 Å². The Kier molecular flexibility index (Phi) is 8.70. The lowest BCUT2D eigenvalue weighted by Crippen LogP contribution is -2.47. The first-order chi connectivity index (χ1) is 18.9. The van der Waals surface area contributed by atoms with Crippen LogP contribution in [0.5, 0.6) is 5.75 Å².